The number of rotatable bonds is 6. The molecule has 34 heavy (non-hydrogen) atoms. The molecule has 3 aromatic rings. The molecule has 0 saturated carbocycles. The van der Waals surface area contributed by atoms with Crippen LogP contribution in [-0.2, 0) is 17.9 Å². The van der Waals surface area contributed by atoms with Crippen molar-refractivity contribution in [1.29, 1.82) is 0 Å². The average molecular weight is 462 g/mol. The van der Waals surface area contributed by atoms with Gasteiger partial charge in [0.25, 0.3) is 5.56 Å². The Kier molecular flexibility index (Phi) is 5.89. The first-order valence-corrected chi connectivity index (χ1v) is 11.3. The number of carbonyl (C=O) groups excluding carboxylic acids is 1. The van der Waals surface area contributed by atoms with Crippen molar-refractivity contribution in [2.45, 2.75) is 25.2 Å². The van der Waals surface area contributed by atoms with E-state index in [0.29, 0.717) is 24.2 Å². The van der Waals surface area contributed by atoms with E-state index in [1.54, 1.807) is 30.1 Å². The number of aliphatic hydroxyl groups excluding tert-OH is 1. The summed E-state index contributed by atoms with van der Waals surface area (Å²) in [5.74, 6) is 0.266. The molecule has 5 rings (SSSR count). The van der Waals surface area contributed by atoms with Crippen molar-refractivity contribution in [3.05, 3.63) is 76.7 Å². The largest absolute Gasteiger partial charge is 0.497 e. The molecular formula is C25H27N5O4. The van der Waals surface area contributed by atoms with Crippen LogP contribution in [0, 0.1) is 11.8 Å². The summed E-state index contributed by atoms with van der Waals surface area (Å²) < 4.78 is 7.02. The highest BCUT2D eigenvalue weighted by Gasteiger charge is 2.54. The van der Waals surface area contributed by atoms with Gasteiger partial charge in [0.1, 0.15) is 12.1 Å². The number of likely N-dealkylation sites (N-methyl/N-ethyl adjacent to an activating group) is 1. The SMILES string of the molecule is COc1cccc(CNC(=O)[C@H]2[C@H](CO)[C@H]3Cn4c(ccc(-c5cncnc5)c4=O)[C@H]3N2C)c1. The summed E-state index contributed by atoms with van der Waals surface area (Å²) in [5, 5.41) is 13.3. The molecule has 4 heterocycles. The highest BCUT2D eigenvalue weighted by atomic mass is 16.5. The number of ether oxygens (including phenoxy) is 1. The van der Waals surface area contributed by atoms with Gasteiger partial charge in [0.2, 0.25) is 5.91 Å². The maximum atomic E-state index is 13.3. The van der Waals surface area contributed by atoms with Crippen molar-refractivity contribution in [1.82, 2.24) is 24.8 Å². The van der Waals surface area contributed by atoms with Crippen molar-refractivity contribution < 1.29 is 14.6 Å². The zero-order valence-corrected chi connectivity index (χ0v) is 19.1. The molecule has 2 aromatic heterocycles. The van der Waals surface area contributed by atoms with Crippen LogP contribution in [0.25, 0.3) is 11.1 Å². The first kappa shape index (κ1) is 22.2. The summed E-state index contributed by atoms with van der Waals surface area (Å²) in [6.07, 6.45) is 4.68. The zero-order valence-electron chi connectivity index (χ0n) is 19.1. The van der Waals surface area contributed by atoms with Gasteiger partial charge >= 0.3 is 0 Å². The van der Waals surface area contributed by atoms with Crippen LogP contribution in [0.3, 0.4) is 0 Å². The van der Waals surface area contributed by atoms with E-state index in [0.717, 1.165) is 17.0 Å². The Balaban J connectivity index is 1.39. The predicted molar refractivity (Wildman–Crippen MR) is 125 cm³/mol. The van der Waals surface area contributed by atoms with E-state index in [-0.39, 0.29) is 36.0 Å². The normalized spacial score (nSPS) is 23.4. The Morgan fingerprint density at radius 2 is 2.03 bits per heavy atom. The Bertz CT molecular complexity index is 1260. The van der Waals surface area contributed by atoms with E-state index in [1.165, 1.54) is 6.33 Å². The Morgan fingerprint density at radius 1 is 1.24 bits per heavy atom. The number of likely N-dealkylation sites (tertiary alicyclic amines) is 1. The fourth-order valence-electron chi connectivity index (χ4n) is 5.51. The maximum absolute atomic E-state index is 13.3. The van der Waals surface area contributed by atoms with Gasteiger partial charge in [-0.05, 0) is 36.9 Å². The molecule has 2 aliphatic rings. The van der Waals surface area contributed by atoms with Gasteiger partial charge < -0.3 is 19.7 Å². The number of nitrogens with one attached hydrogen (secondary N) is 1. The molecule has 2 N–H and O–H groups in total. The summed E-state index contributed by atoms with van der Waals surface area (Å²) in [4.78, 5) is 36.5. The molecule has 0 radical (unpaired) electrons. The molecule has 176 valence electrons. The molecular weight excluding hydrogens is 434 g/mol. The number of hydrogen-bond donors (Lipinski definition) is 2. The van der Waals surface area contributed by atoms with Crippen molar-refractivity contribution >= 4 is 5.91 Å². The number of fused-ring (bicyclic) bond motifs is 3. The minimum Gasteiger partial charge on any atom is -0.497 e. The number of amides is 1. The lowest BCUT2D eigenvalue weighted by Crippen LogP contribution is -2.46. The van der Waals surface area contributed by atoms with Crippen molar-refractivity contribution in [3.8, 4) is 16.9 Å². The van der Waals surface area contributed by atoms with Crippen LogP contribution in [0.5, 0.6) is 5.75 Å². The minimum atomic E-state index is -0.489. The van der Waals surface area contributed by atoms with Crippen molar-refractivity contribution in [2.75, 3.05) is 20.8 Å². The van der Waals surface area contributed by atoms with Crippen LogP contribution in [0.15, 0.2) is 59.9 Å². The summed E-state index contributed by atoms with van der Waals surface area (Å²) in [6.45, 7) is 0.687. The lowest BCUT2D eigenvalue weighted by molar-refractivity contribution is -0.127. The molecule has 9 nitrogen and oxygen atoms in total. The summed E-state index contributed by atoms with van der Waals surface area (Å²) in [7, 11) is 3.50. The van der Waals surface area contributed by atoms with Crippen molar-refractivity contribution in [3.63, 3.8) is 0 Å². The molecule has 2 aliphatic heterocycles. The number of hydrogen-bond acceptors (Lipinski definition) is 7. The third-order valence-electron chi connectivity index (χ3n) is 7.09. The van der Waals surface area contributed by atoms with Crippen molar-refractivity contribution in [2.24, 2.45) is 11.8 Å². The van der Waals surface area contributed by atoms with Crippen LogP contribution in [0.2, 0.25) is 0 Å². The number of methoxy groups -OCH3 is 1. The smallest absolute Gasteiger partial charge is 0.258 e. The standard InChI is InChI=1S/C25H27N5O4/c1-29-22-19(12-30-21(22)7-6-18(25(30)33)16-10-26-14-27-11-16)20(13-31)23(29)24(32)28-9-15-4-3-5-17(8-15)34-2/h3-8,10-11,14,19-20,22-23,31H,9,12-13H2,1-2H3,(H,28,32)/t19-,20-,22+,23-/m1/s1. The lowest BCUT2D eigenvalue weighted by atomic mass is 9.88. The van der Waals surface area contributed by atoms with Crippen LogP contribution in [-0.4, -0.2) is 57.3 Å². The monoisotopic (exact) mass is 461 g/mol. The number of aliphatic hydroxyl groups is 1. The first-order chi connectivity index (χ1) is 16.5. The van der Waals surface area contributed by atoms with Crippen LogP contribution < -0.4 is 15.6 Å². The molecule has 1 saturated heterocycles. The number of benzene rings is 1. The Hall–Kier alpha value is -3.56. The van der Waals surface area contributed by atoms with Gasteiger partial charge in [-0.3, -0.25) is 14.5 Å². The number of nitrogens with zero attached hydrogens (tertiary/aromatic N) is 4. The highest BCUT2D eigenvalue weighted by molar-refractivity contribution is 5.82. The zero-order chi connectivity index (χ0) is 23.8. The van der Waals surface area contributed by atoms with Crippen LogP contribution in [0.4, 0.5) is 0 Å². The molecule has 0 bridgehead atoms. The summed E-state index contributed by atoms with van der Waals surface area (Å²) >= 11 is 0. The molecule has 9 heteroatoms. The summed E-state index contributed by atoms with van der Waals surface area (Å²) in [5.41, 5.74) is 2.90. The topological polar surface area (TPSA) is 110 Å². The predicted octanol–water partition coefficient (Wildman–Crippen LogP) is 1.22. The molecule has 1 fully saturated rings. The third kappa shape index (κ3) is 3.66. The molecule has 1 amide bonds. The second-order valence-electron chi connectivity index (χ2n) is 8.85. The highest BCUT2D eigenvalue weighted by Crippen LogP contribution is 2.48. The van der Waals surface area contributed by atoms with E-state index >= 15 is 0 Å². The lowest BCUT2D eigenvalue weighted by Gasteiger charge is -2.27. The first-order valence-electron chi connectivity index (χ1n) is 11.3. The van der Waals surface area contributed by atoms with Gasteiger partial charge in [-0.15, -0.1) is 0 Å². The van der Waals surface area contributed by atoms with Gasteiger partial charge in [-0.25, -0.2) is 9.97 Å². The molecule has 0 aliphatic carbocycles. The van der Waals surface area contributed by atoms with Crippen LogP contribution >= 0.6 is 0 Å². The van der Waals surface area contributed by atoms with Gasteiger partial charge in [0, 0.05) is 55.2 Å². The van der Waals surface area contributed by atoms with Gasteiger partial charge in [0.15, 0.2) is 0 Å². The fourth-order valence-corrected chi connectivity index (χ4v) is 5.51. The average Bonchev–Trinajstić information content (AvgIpc) is 3.38. The van der Waals surface area contributed by atoms with E-state index in [9.17, 15) is 14.7 Å². The van der Waals surface area contributed by atoms with Gasteiger partial charge in [-0.2, -0.15) is 0 Å². The van der Waals surface area contributed by atoms with E-state index in [4.69, 9.17) is 4.74 Å². The van der Waals surface area contributed by atoms with E-state index < -0.39 is 6.04 Å². The molecule has 4 atom stereocenters. The second-order valence-corrected chi connectivity index (χ2v) is 8.85. The number of aromatic nitrogens is 3. The molecule has 0 unspecified atom stereocenters. The fraction of sp³-hybridized carbons (Fsp3) is 0.360. The maximum Gasteiger partial charge on any atom is 0.258 e. The minimum absolute atomic E-state index is 0.0439. The number of pyridine rings is 1. The second kappa shape index (κ2) is 9.00. The number of carbonyl (C=O) groups is 1. The Labute approximate surface area is 197 Å². The molecule has 1 aromatic carbocycles. The van der Waals surface area contributed by atoms with E-state index in [2.05, 4.69) is 15.3 Å². The Morgan fingerprint density at radius 3 is 2.76 bits per heavy atom. The molecule has 0 spiro atoms. The third-order valence-corrected chi connectivity index (χ3v) is 7.09. The van der Waals surface area contributed by atoms with Crippen LogP contribution in [0.1, 0.15) is 17.3 Å². The van der Waals surface area contributed by atoms with Gasteiger partial charge in [0.05, 0.1) is 24.8 Å². The summed E-state index contributed by atoms with van der Waals surface area (Å²) in [6, 6.07) is 10.7. The van der Waals surface area contributed by atoms with Gasteiger partial charge in [-0.1, -0.05) is 12.1 Å². The van der Waals surface area contributed by atoms with E-state index in [1.807, 2.05) is 42.3 Å². The quantitative estimate of drug-likeness (QED) is 0.568.